The van der Waals surface area contributed by atoms with Crippen molar-refractivity contribution >= 4 is 21.8 Å². The van der Waals surface area contributed by atoms with Crippen LogP contribution in [0.25, 0.3) is 0 Å². The van der Waals surface area contributed by atoms with Crippen molar-refractivity contribution in [2.45, 2.75) is 25.8 Å². The summed E-state index contributed by atoms with van der Waals surface area (Å²) in [5, 5.41) is 11.8. The second-order valence-electron chi connectivity index (χ2n) is 4.15. The van der Waals surface area contributed by atoms with E-state index in [1.807, 2.05) is 6.92 Å². The van der Waals surface area contributed by atoms with Gasteiger partial charge in [-0.25, -0.2) is 4.39 Å². The van der Waals surface area contributed by atoms with Gasteiger partial charge in [0, 0.05) is 4.47 Å². The van der Waals surface area contributed by atoms with Crippen molar-refractivity contribution in [3.05, 3.63) is 34.1 Å². The van der Waals surface area contributed by atoms with Crippen LogP contribution in [0, 0.1) is 5.82 Å². The van der Waals surface area contributed by atoms with E-state index in [-0.39, 0.29) is 12.2 Å². The van der Waals surface area contributed by atoms with Crippen molar-refractivity contribution in [1.29, 1.82) is 0 Å². The summed E-state index contributed by atoms with van der Waals surface area (Å²) >= 11 is 3.12. The molecule has 0 fully saturated rings. The largest absolute Gasteiger partial charge is 0.394 e. The molecule has 0 saturated carbocycles. The Morgan fingerprint density at radius 2 is 2.24 bits per heavy atom. The van der Waals surface area contributed by atoms with Crippen molar-refractivity contribution in [3.63, 3.8) is 0 Å². The fourth-order valence-corrected chi connectivity index (χ4v) is 1.59. The number of hydrogen-bond donors (Lipinski definition) is 2. The lowest BCUT2D eigenvalue weighted by molar-refractivity contribution is 0.0843. The van der Waals surface area contributed by atoms with E-state index in [1.165, 1.54) is 12.1 Å². The van der Waals surface area contributed by atoms with Gasteiger partial charge in [0.05, 0.1) is 17.7 Å². The van der Waals surface area contributed by atoms with Crippen LogP contribution in [0.5, 0.6) is 0 Å². The molecule has 3 nitrogen and oxygen atoms in total. The molecular formula is C12H15BrFNO2. The summed E-state index contributed by atoms with van der Waals surface area (Å²) in [5.41, 5.74) is -0.752. The number of carbonyl (C=O) groups is 1. The number of halogens is 2. The molecule has 0 bridgehead atoms. The zero-order chi connectivity index (χ0) is 13.1. The molecule has 1 atom stereocenters. The first-order valence-electron chi connectivity index (χ1n) is 5.30. The van der Waals surface area contributed by atoms with E-state index < -0.39 is 17.3 Å². The molecule has 1 aromatic rings. The topological polar surface area (TPSA) is 49.3 Å². The summed E-state index contributed by atoms with van der Waals surface area (Å²) in [6.45, 7) is 3.36. The van der Waals surface area contributed by atoms with Crippen molar-refractivity contribution in [1.82, 2.24) is 5.32 Å². The van der Waals surface area contributed by atoms with Gasteiger partial charge in [-0.3, -0.25) is 4.79 Å². The van der Waals surface area contributed by atoms with Gasteiger partial charge >= 0.3 is 0 Å². The minimum absolute atomic E-state index is 0.0266. The van der Waals surface area contributed by atoms with Gasteiger partial charge in [0.2, 0.25) is 0 Å². The number of rotatable bonds is 4. The van der Waals surface area contributed by atoms with Gasteiger partial charge in [0.15, 0.2) is 0 Å². The highest BCUT2D eigenvalue weighted by Gasteiger charge is 2.25. The Bertz CT molecular complexity index is 419. The van der Waals surface area contributed by atoms with E-state index in [4.69, 9.17) is 0 Å². The number of benzene rings is 1. The van der Waals surface area contributed by atoms with Gasteiger partial charge in [-0.1, -0.05) is 22.9 Å². The monoisotopic (exact) mass is 303 g/mol. The molecule has 0 radical (unpaired) electrons. The highest BCUT2D eigenvalue weighted by Crippen LogP contribution is 2.16. The molecule has 1 aromatic carbocycles. The molecule has 1 amide bonds. The Balaban J connectivity index is 2.90. The number of nitrogens with one attached hydrogen (secondary N) is 1. The van der Waals surface area contributed by atoms with Crippen LogP contribution in [0.3, 0.4) is 0 Å². The molecule has 17 heavy (non-hydrogen) atoms. The fraction of sp³-hybridized carbons (Fsp3) is 0.417. The zero-order valence-corrected chi connectivity index (χ0v) is 11.3. The van der Waals surface area contributed by atoms with E-state index >= 15 is 0 Å². The van der Waals surface area contributed by atoms with Crippen LogP contribution in [-0.4, -0.2) is 23.2 Å². The molecule has 0 aliphatic heterocycles. The van der Waals surface area contributed by atoms with E-state index in [2.05, 4.69) is 21.2 Å². The molecule has 0 aliphatic rings. The van der Waals surface area contributed by atoms with Gasteiger partial charge in [-0.15, -0.1) is 0 Å². The normalized spacial score (nSPS) is 14.2. The SMILES string of the molecule is CCC(C)(CO)NC(=O)c1ccc(Br)cc1F. The van der Waals surface area contributed by atoms with E-state index in [1.54, 1.807) is 13.0 Å². The van der Waals surface area contributed by atoms with Crippen molar-refractivity contribution < 1.29 is 14.3 Å². The lowest BCUT2D eigenvalue weighted by Gasteiger charge is -2.27. The van der Waals surface area contributed by atoms with Gasteiger partial charge in [-0.2, -0.15) is 0 Å². The maximum atomic E-state index is 13.5. The molecule has 5 heteroatoms. The van der Waals surface area contributed by atoms with Crippen LogP contribution < -0.4 is 5.32 Å². The predicted octanol–water partition coefficient (Wildman–Crippen LogP) is 2.48. The Morgan fingerprint density at radius 3 is 2.71 bits per heavy atom. The average Bonchev–Trinajstić information content (AvgIpc) is 2.28. The summed E-state index contributed by atoms with van der Waals surface area (Å²) < 4.78 is 14.1. The lowest BCUT2D eigenvalue weighted by atomic mass is 9.99. The summed E-state index contributed by atoms with van der Waals surface area (Å²) in [6.07, 6.45) is 0.563. The van der Waals surface area contributed by atoms with Crippen LogP contribution in [-0.2, 0) is 0 Å². The molecule has 2 N–H and O–H groups in total. The maximum absolute atomic E-state index is 13.5. The Hall–Kier alpha value is -0.940. The second kappa shape index (κ2) is 5.60. The summed E-state index contributed by atoms with van der Waals surface area (Å²) in [5.74, 6) is -1.11. The Morgan fingerprint density at radius 1 is 1.59 bits per heavy atom. The predicted molar refractivity (Wildman–Crippen MR) is 67.3 cm³/mol. The molecule has 1 unspecified atom stereocenters. The third-order valence-electron chi connectivity index (χ3n) is 2.72. The van der Waals surface area contributed by atoms with E-state index in [0.717, 1.165) is 0 Å². The molecule has 0 aliphatic carbocycles. The molecule has 0 spiro atoms. The third kappa shape index (κ3) is 3.51. The third-order valence-corrected chi connectivity index (χ3v) is 3.21. The van der Waals surface area contributed by atoms with Crippen LogP contribution in [0.1, 0.15) is 30.6 Å². The van der Waals surface area contributed by atoms with Gasteiger partial charge in [0.1, 0.15) is 5.82 Å². The Kier molecular flexibility index (Phi) is 4.65. The van der Waals surface area contributed by atoms with Gasteiger partial charge in [0.25, 0.3) is 5.91 Å². The minimum Gasteiger partial charge on any atom is -0.394 e. The standard InChI is InChI=1S/C12H15BrFNO2/c1-3-12(2,7-16)15-11(17)9-5-4-8(13)6-10(9)14/h4-6,16H,3,7H2,1-2H3,(H,15,17). The minimum atomic E-state index is -0.726. The number of amides is 1. The summed E-state index contributed by atoms with van der Waals surface area (Å²) in [7, 11) is 0. The number of hydrogen-bond acceptors (Lipinski definition) is 2. The van der Waals surface area contributed by atoms with Crippen molar-refractivity contribution in [2.75, 3.05) is 6.61 Å². The molecule has 1 rings (SSSR count). The van der Waals surface area contributed by atoms with Crippen LogP contribution >= 0.6 is 15.9 Å². The van der Waals surface area contributed by atoms with Gasteiger partial charge in [-0.05, 0) is 31.5 Å². The van der Waals surface area contributed by atoms with Crippen LogP contribution in [0.4, 0.5) is 4.39 Å². The Labute approximate surface area is 108 Å². The highest BCUT2D eigenvalue weighted by molar-refractivity contribution is 9.10. The fourth-order valence-electron chi connectivity index (χ4n) is 1.25. The number of carbonyl (C=O) groups excluding carboxylic acids is 1. The molecule has 94 valence electrons. The smallest absolute Gasteiger partial charge is 0.254 e. The molecule has 0 heterocycles. The van der Waals surface area contributed by atoms with E-state index in [9.17, 15) is 14.3 Å². The van der Waals surface area contributed by atoms with Crippen molar-refractivity contribution in [3.8, 4) is 0 Å². The van der Waals surface area contributed by atoms with Crippen LogP contribution in [0.15, 0.2) is 22.7 Å². The average molecular weight is 304 g/mol. The lowest BCUT2D eigenvalue weighted by Crippen LogP contribution is -2.48. The molecular weight excluding hydrogens is 289 g/mol. The number of aliphatic hydroxyl groups excluding tert-OH is 1. The summed E-state index contributed by atoms with van der Waals surface area (Å²) in [6, 6.07) is 4.24. The zero-order valence-electron chi connectivity index (χ0n) is 9.76. The first kappa shape index (κ1) is 14.1. The summed E-state index contributed by atoms with van der Waals surface area (Å²) in [4.78, 5) is 11.8. The first-order chi connectivity index (χ1) is 7.91. The number of aliphatic hydroxyl groups is 1. The van der Waals surface area contributed by atoms with Gasteiger partial charge < -0.3 is 10.4 Å². The molecule has 0 saturated heterocycles. The van der Waals surface area contributed by atoms with Crippen molar-refractivity contribution in [2.24, 2.45) is 0 Å². The van der Waals surface area contributed by atoms with Crippen LogP contribution in [0.2, 0.25) is 0 Å². The maximum Gasteiger partial charge on any atom is 0.254 e. The highest BCUT2D eigenvalue weighted by atomic mass is 79.9. The van der Waals surface area contributed by atoms with E-state index in [0.29, 0.717) is 10.9 Å². The quantitative estimate of drug-likeness (QED) is 0.898. The first-order valence-corrected chi connectivity index (χ1v) is 6.09. The second-order valence-corrected chi connectivity index (χ2v) is 5.07. The molecule has 0 aromatic heterocycles.